The summed E-state index contributed by atoms with van der Waals surface area (Å²) in [6.45, 7) is 0. The SMILES string of the molecule is O=[N+]([O-])c1c(Nc2ccc(F)c(Cl)c2)nc2sccn12. The molecule has 2 aromatic heterocycles. The van der Waals surface area contributed by atoms with E-state index in [-0.39, 0.29) is 16.7 Å². The van der Waals surface area contributed by atoms with Gasteiger partial charge < -0.3 is 15.4 Å². The fraction of sp³-hybridized carbons (Fsp3) is 0. The van der Waals surface area contributed by atoms with Crippen LogP contribution in [0.4, 0.5) is 21.7 Å². The monoisotopic (exact) mass is 312 g/mol. The first kappa shape index (κ1) is 12.8. The van der Waals surface area contributed by atoms with E-state index in [1.165, 1.54) is 33.9 Å². The Morgan fingerprint density at radius 1 is 1.50 bits per heavy atom. The van der Waals surface area contributed by atoms with Gasteiger partial charge in [-0.1, -0.05) is 22.9 Å². The van der Waals surface area contributed by atoms with Crippen LogP contribution >= 0.6 is 22.9 Å². The van der Waals surface area contributed by atoms with E-state index in [0.29, 0.717) is 10.6 Å². The molecule has 1 aromatic carbocycles. The van der Waals surface area contributed by atoms with Crippen LogP contribution in [0.5, 0.6) is 0 Å². The molecule has 0 fully saturated rings. The Labute approximate surface area is 120 Å². The number of anilines is 2. The Hall–Kier alpha value is -2.19. The molecule has 0 aliphatic carbocycles. The Morgan fingerprint density at radius 3 is 3.00 bits per heavy atom. The molecule has 20 heavy (non-hydrogen) atoms. The van der Waals surface area contributed by atoms with Crippen LogP contribution < -0.4 is 5.32 Å². The molecule has 0 aliphatic heterocycles. The van der Waals surface area contributed by atoms with Crippen LogP contribution in [-0.4, -0.2) is 14.3 Å². The molecule has 0 amide bonds. The third kappa shape index (κ3) is 2.08. The van der Waals surface area contributed by atoms with E-state index < -0.39 is 10.7 Å². The molecule has 0 saturated carbocycles. The molecule has 0 unspecified atom stereocenters. The number of imidazole rings is 1. The normalized spacial score (nSPS) is 10.9. The highest BCUT2D eigenvalue weighted by Crippen LogP contribution is 2.31. The van der Waals surface area contributed by atoms with Crippen molar-refractivity contribution in [2.45, 2.75) is 0 Å². The number of hydrogen-bond acceptors (Lipinski definition) is 5. The molecular weight excluding hydrogens is 307 g/mol. The van der Waals surface area contributed by atoms with Crippen molar-refractivity contribution in [1.82, 2.24) is 9.38 Å². The Kier molecular flexibility index (Phi) is 3.03. The molecule has 0 atom stereocenters. The van der Waals surface area contributed by atoms with Gasteiger partial charge in [-0.3, -0.25) is 0 Å². The third-order valence-electron chi connectivity index (χ3n) is 2.59. The molecule has 9 heteroatoms. The van der Waals surface area contributed by atoms with E-state index in [2.05, 4.69) is 10.3 Å². The molecule has 0 aliphatic rings. The highest BCUT2D eigenvalue weighted by atomic mass is 35.5. The summed E-state index contributed by atoms with van der Waals surface area (Å²) in [5.41, 5.74) is 0.422. The number of fused-ring (bicyclic) bond motifs is 1. The molecular formula is C11H6ClFN4O2S. The average Bonchev–Trinajstić information content (AvgIpc) is 2.93. The van der Waals surface area contributed by atoms with Gasteiger partial charge in [0.25, 0.3) is 4.96 Å². The van der Waals surface area contributed by atoms with Crippen molar-refractivity contribution >= 4 is 45.2 Å². The van der Waals surface area contributed by atoms with E-state index in [1.54, 1.807) is 11.6 Å². The number of nitrogens with one attached hydrogen (secondary N) is 1. The predicted molar refractivity (Wildman–Crippen MR) is 74.4 cm³/mol. The summed E-state index contributed by atoms with van der Waals surface area (Å²) in [7, 11) is 0. The molecule has 1 N–H and O–H groups in total. The van der Waals surface area contributed by atoms with Gasteiger partial charge in [0.15, 0.2) is 0 Å². The number of nitrogens with zero attached hydrogens (tertiary/aromatic N) is 3. The Balaban J connectivity index is 2.05. The lowest BCUT2D eigenvalue weighted by atomic mass is 10.3. The van der Waals surface area contributed by atoms with Gasteiger partial charge >= 0.3 is 5.82 Å². The number of rotatable bonds is 3. The van der Waals surface area contributed by atoms with Crippen LogP contribution in [0.3, 0.4) is 0 Å². The number of benzene rings is 1. The van der Waals surface area contributed by atoms with E-state index >= 15 is 0 Å². The van der Waals surface area contributed by atoms with Crippen LogP contribution in [0, 0.1) is 15.9 Å². The van der Waals surface area contributed by atoms with Crippen LogP contribution in [0.1, 0.15) is 0 Å². The second kappa shape index (κ2) is 4.73. The molecule has 6 nitrogen and oxygen atoms in total. The molecule has 0 radical (unpaired) electrons. The standard InChI is InChI=1S/C11H6ClFN4O2S/c12-7-5-6(1-2-8(7)13)14-9-10(17(18)19)16-3-4-20-11(16)15-9/h1-5,14H. The molecule has 3 rings (SSSR count). The van der Waals surface area contributed by atoms with Crippen LogP contribution in [0.15, 0.2) is 29.8 Å². The summed E-state index contributed by atoms with van der Waals surface area (Å²) in [6, 6.07) is 3.95. The fourth-order valence-corrected chi connectivity index (χ4v) is 2.63. The van der Waals surface area contributed by atoms with E-state index in [0.717, 1.165) is 0 Å². The van der Waals surface area contributed by atoms with Crippen molar-refractivity contribution in [2.75, 3.05) is 5.32 Å². The topological polar surface area (TPSA) is 72.5 Å². The lowest BCUT2D eigenvalue weighted by Crippen LogP contribution is -1.98. The van der Waals surface area contributed by atoms with Crippen LogP contribution in [-0.2, 0) is 0 Å². The van der Waals surface area contributed by atoms with Crippen molar-refractivity contribution in [1.29, 1.82) is 0 Å². The first-order valence-corrected chi connectivity index (χ1v) is 6.64. The quantitative estimate of drug-likeness (QED) is 0.589. The van der Waals surface area contributed by atoms with E-state index in [4.69, 9.17) is 11.6 Å². The number of aromatic nitrogens is 2. The molecule has 0 saturated heterocycles. The summed E-state index contributed by atoms with van der Waals surface area (Å²) in [4.78, 5) is 15.2. The smallest absolute Gasteiger partial charge is 0.358 e. The molecule has 2 heterocycles. The van der Waals surface area contributed by atoms with E-state index in [9.17, 15) is 14.5 Å². The van der Waals surface area contributed by atoms with Crippen LogP contribution in [0.2, 0.25) is 5.02 Å². The zero-order valence-electron chi connectivity index (χ0n) is 9.71. The zero-order valence-corrected chi connectivity index (χ0v) is 11.3. The van der Waals surface area contributed by atoms with Gasteiger partial charge in [0, 0.05) is 11.1 Å². The number of hydrogen-bond donors (Lipinski definition) is 1. The Bertz CT molecular complexity index is 816. The second-order valence-electron chi connectivity index (χ2n) is 3.85. The number of thiazole rings is 1. The van der Waals surface area contributed by atoms with E-state index in [1.807, 2.05) is 0 Å². The predicted octanol–water partition coefficient (Wildman–Crippen LogP) is 3.84. The average molecular weight is 313 g/mol. The largest absolute Gasteiger partial charge is 0.373 e. The summed E-state index contributed by atoms with van der Waals surface area (Å²) in [5.74, 6) is -0.649. The summed E-state index contributed by atoms with van der Waals surface area (Å²) in [5, 5.41) is 15.5. The molecule has 0 bridgehead atoms. The van der Waals surface area contributed by atoms with Crippen molar-refractivity contribution in [3.63, 3.8) is 0 Å². The highest BCUT2D eigenvalue weighted by molar-refractivity contribution is 7.15. The maximum Gasteiger partial charge on any atom is 0.373 e. The minimum atomic E-state index is -0.558. The molecule has 102 valence electrons. The van der Waals surface area contributed by atoms with Crippen molar-refractivity contribution < 1.29 is 9.31 Å². The van der Waals surface area contributed by atoms with Gasteiger partial charge in [0.05, 0.1) is 5.02 Å². The Morgan fingerprint density at radius 2 is 2.30 bits per heavy atom. The first-order chi connectivity index (χ1) is 9.56. The maximum absolute atomic E-state index is 13.1. The van der Waals surface area contributed by atoms with Crippen molar-refractivity contribution in [3.05, 3.63) is 50.7 Å². The lowest BCUT2D eigenvalue weighted by molar-refractivity contribution is -0.389. The maximum atomic E-state index is 13.1. The summed E-state index contributed by atoms with van der Waals surface area (Å²) in [6.07, 6.45) is 1.56. The second-order valence-corrected chi connectivity index (χ2v) is 5.13. The lowest BCUT2D eigenvalue weighted by Gasteiger charge is -2.04. The van der Waals surface area contributed by atoms with Gasteiger partial charge in [-0.05, 0) is 23.1 Å². The minimum absolute atomic E-state index is 0.0707. The summed E-state index contributed by atoms with van der Waals surface area (Å²) >= 11 is 6.94. The highest BCUT2D eigenvalue weighted by Gasteiger charge is 2.23. The molecule has 3 aromatic rings. The minimum Gasteiger partial charge on any atom is -0.358 e. The third-order valence-corrected chi connectivity index (χ3v) is 3.64. The van der Waals surface area contributed by atoms with Crippen molar-refractivity contribution in [2.24, 2.45) is 0 Å². The van der Waals surface area contributed by atoms with Gasteiger partial charge in [-0.25, -0.2) is 4.39 Å². The fourth-order valence-electron chi connectivity index (χ4n) is 1.74. The van der Waals surface area contributed by atoms with Gasteiger partial charge in [0.2, 0.25) is 5.82 Å². The van der Waals surface area contributed by atoms with Gasteiger partial charge in [0.1, 0.15) is 12.0 Å². The first-order valence-electron chi connectivity index (χ1n) is 5.38. The van der Waals surface area contributed by atoms with Gasteiger partial charge in [-0.15, -0.1) is 0 Å². The van der Waals surface area contributed by atoms with Crippen LogP contribution in [0.25, 0.3) is 4.96 Å². The molecule has 0 spiro atoms. The zero-order chi connectivity index (χ0) is 14.3. The summed E-state index contributed by atoms with van der Waals surface area (Å²) < 4.78 is 14.4. The van der Waals surface area contributed by atoms with Gasteiger partial charge in [-0.2, -0.15) is 9.38 Å². The number of nitro groups is 1. The van der Waals surface area contributed by atoms with Crippen molar-refractivity contribution in [3.8, 4) is 0 Å². The number of halogens is 2.